The Morgan fingerprint density at radius 2 is 1.76 bits per heavy atom. The van der Waals surface area contributed by atoms with Gasteiger partial charge in [0.25, 0.3) is 5.91 Å². The number of aliphatic hydroxyl groups is 1. The van der Waals surface area contributed by atoms with Crippen LogP contribution in [0.1, 0.15) is 16.7 Å². The lowest BCUT2D eigenvalue weighted by molar-refractivity contribution is -0.123. The molecule has 0 saturated heterocycles. The largest absolute Gasteiger partial charge is 0.484 e. The lowest BCUT2D eigenvalue weighted by atomic mass is 10.1. The van der Waals surface area contributed by atoms with E-state index in [1.54, 1.807) is 0 Å². The van der Waals surface area contributed by atoms with E-state index >= 15 is 0 Å². The van der Waals surface area contributed by atoms with Crippen LogP contribution in [0.3, 0.4) is 0 Å². The van der Waals surface area contributed by atoms with Crippen molar-refractivity contribution in [3.63, 3.8) is 0 Å². The van der Waals surface area contributed by atoms with Gasteiger partial charge >= 0.3 is 0 Å². The minimum Gasteiger partial charge on any atom is -0.484 e. The summed E-state index contributed by atoms with van der Waals surface area (Å²) in [5, 5.41) is 12.0. The van der Waals surface area contributed by atoms with Crippen LogP contribution in [0.25, 0.3) is 0 Å². The first kappa shape index (κ1) is 15.1. The molecule has 0 atom stereocenters. The van der Waals surface area contributed by atoms with Crippen LogP contribution in [-0.2, 0) is 17.9 Å². The second-order valence-corrected chi connectivity index (χ2v) is 4.81. The molecule has 0 bridgehead atoms. The Kier molecular flexibility index (Phi) is 5.35. The number of amides is 1. The quantitative estimate of drug-likeness (QED) is 0.855. The first-order valence-corrected chi connectivity index (χ1v) is 6.83. The minimum atomic E-state index is -0.191. The molecule has 0 saturated carbocycles. The van der Waals surface area contributed by atoms with Gasteiger partial charge < -0.3 is 15.2 Å². The van der Waals surface area contributed by atoms with Crippen molar-refractivity contribution in [1.29, 1.82) is 0 Å². The van der Waals surface area contributed by atoms with Crippen LogP contribution in [0.4, 0.5) is 0 Å². The molecule has 4 nitrogen and oxygen atoms in total. The molecule has 0 aromatic heterocycles. The molecule has 4 heteroatoms. The number of carbonyl (C=O) groups excluding carboxylic acids is 1. The zero-order valence-electron chi connectivity index (χ0n) is 12.0. The first-order chi connectivity index (χ1) is 10.2. The SMILES string of the molecule is Cc1ccc(OCC(=O)NCc2ccccc2CO)cc1. The predicted molar refractivity (Wildman–Crippen MR) is 80.9 cm³/mol. The number of carbonyl (C=O) groups is 1. The smallest absolute Gasteiger partial charge is 0.258 e. The topological polar surface area (TPSA) is 58.6 Å². The molecule has 0 aliphatic heterocycles. The van der Waals surface area contributed by atoms with Crippen molar-refractivity contribution in [3.8, 4) is 5.75 Å². The predicted octanol–water partition coefficient (Wildman–Crippen LogP) is 2.18. The summed E-state index contributed by atoms with van der Waals surface area (Å²) in [4.78, 5) is 11.8. The van der Waals surface area contributed by atoms with Crippen LogP contribution in [0.2, 0.25) is 0 Å². The Hall–Kier alpha value is -2.33. The maximum absolute atomic E-state index is 11.8. The second-order valence-electron chi connectivity index (χ2n) is 4.81. The maximum atomic E-state index is 11.8. The Labute approximate surface area is 124 Å². The molecular weight excluding hydrogens is 266 g/mol. The summed E-state index contributed by atoms with van der Waals surface area (Å²) in [6.07, 6.45) is 0. The van der Waals surface area contributed by atoms with Crippen LogP contribution in [-0.4, -0.2) is 17.6 Å². The standard InChI is InChI=1S/C17H19NO3/c1-13-6-8-16(9-7-13)21-12-17(20)18-10-14-4-2-3-5-15(14)11-19/h2-9,19H,10-12H2,1H3,(H,18,20). The Morgan fingerprint density at radius 3 is 2.43 bits per heavy atom. The van der Waals surface area contributed by atoms with E-state index < -0.39 is 0 Å². The lowest BCUT2D eigenvalue weighted by Gasteiger charge is -2.10. The highest BCUT2D eigenvalue weighted by Crippen LogP contribution is 2.11. The molecule has 0 fully saturated rings. The Morgan fingerprint density at radius 1 is 1.10 bits per heavy atom. The van der Waals surface area contributed by atoms with Crippen molar-refractivity contribution in [2.75, 3.05) is 6.61 Å². The highest BCUT2D eigenvalue weighted by atomic mass is 16.5. The van der Waals surface area contributed by atoms with Gasteiger partial charge in [-0.3, -0.25) is 4.79 Å². The van der Waals surface area contributed by atoms with Gasteiger partial charge in [-0.2, -0.15) is 0 Å². The van der Waals surface area contributed by atoms with Gasteiger partial charge in [0.2, 0.25) is 0 Å². The van der Waals surface area contributed by atoms with Crippen LogP contribution >= 0.6 is 0 Å². The van der Waals surface area contributed by atoms with Crippen LogP contribution < -0.4 is 10.1 Å². The zero-order valence-corrected chi connectivity index (χ0v) is 12.0. The van der Waals surface area contributed by atoms with Crippen LogP contribution in [0.5, 0.6) is 5.75 Å². The van der Waals surface area contributed by atoms with E-state index in [1.165, 1.54) is 0 Å². The fourth-order valence-electron chi connectivity index (χ4n) is 1.91. The van der Waals surface area contributed by atoms with E-state index in [1.807, 2.05) is 55.5 Å². The average molecular weight is 285 g/mol. The normalized spacial score (nSPS) is 10.2. The molecule has 2 rings (SSSR count). The van der Waals surface area contributed by atoms with Crippen molar-refractivity contribution in [2.24, 2.45) is 0 Å². The number of aryl methyl sites for hydroxylation is 1. The van der Waals surface area contributed by atoms with Crippen molar-refractivity contribution in [2.45, 2.75) is 20.1 Å². The lowest BCUT2D eigenvalue weighted by Crippen LogP contribution is -2.28. The summed E-state index contributed by atoms with van der Waals surface area (Å²) in [5.41, 5.74) is 2.87. The fourth-order valence-corrected chi connectivity index (χ4v) is 1.91. The Bertz CT molecular complexity index is 593. The van der Waals surface area contributed by atoms with Crippen molar-refractivity contribution >= 4 is 5.91 Å². The van der Waals surface area contributed by atoms with E-state index in [4.69, 9.17) is 4.74 Å². The van der Waals surface area contributed by atoms with E-state index in [9.17, 15) is 9.90 Å². The van der Waals surface area contributed by atoms with E-state index in [0.717, 1.165) is 16.7 Å². The van der Waals surface area contributed by atoms with E-state index in [-0.39, 0.29) is 19.1 Å². The third-order valence-corrected chi connectivity index (χ3v) is 3.16. The second kappa shape index (κ2) is 7.45. The molecule has 0 unspecified atom stereocenters. The highest BCUT2D eigenvalue weighted by Gasteiger charge is 2.05. The van der Waals surface area contributed by atoms with Crippen molar-refractivity contribution in [1.82, 2.24) is 5.32 Å². The third-order valence-electron chi connectivity index (χ3n) is 3.16. The van der Waals surface area contributed by atoms with Gasteiger partial charge in [0.05, 0.1) is 6.61 Å². The molecule has 2 aromatic rings. The summed E-state index contributed by atoms with van der Waals surface area (Å²) in [5.74, 6) is 0.481. The molecule has 21 heavy (non-hydrogen) atoms. The molecule has 110 valence electrons. The van der Waals surface area contributed by atoms with Crippen molar-refractivity contribution < 1.29 is 14.6 Å². The molecule has 0 aliphatic rings. The number of hydrogen-bond donors (Lipinski definition) is 2. The molecule has 0 heterocycles. The zero-order chi connectivity index (χ0) is 15.1. The van der Waals surface area contributed by atoms with Gasteiger partial charge in [0, 0.05) is 6.54 Å². The van der Waals surface area contributed by atoms with Crippen LogP contribution in [0, 0.1) is 6.92 Å². The molecule has 0 aliphatic carbocycles. The van der Waals surface area contributed by atoms with Gasteiger partial charge in [0.15, 0.2) is 6.61 Å². The summed E-state index contributed by atoms with van der Waals surface area (Å²) in [7, 11) is 0. The molecule has 2 aromatic carbocycles. The Balaban J connectivity index is 1.81. The maximum Gasteiger partial charge on any atom is 0.258 e. The minimum absolute atomic E-state index is 0.0235. The molecule has 2 N–H and O–H groups in total. The number of ether oxygens (including phenoxy) is 1. The van der Waals surface area contributed by atoms with E-state index in [0.29, 0.717) is 12.3 Å². The monoisotopic (exact) mass is 285 g/mol. The van der Waals surface area contributed by atoms with E-state index in [2.05, 4.69) is 5.32 Å². The van der Waals surface area contributed by atoms with Crippen molar-refractivity contribution in [3.05, 3.63) is 65.2 Å². The number of nitrogens with one attached hydrogen (secondary N) is 1. The summed E-state index contributed by atoms with van der Waals surface area (Å²) in [6, 6.07) is 15.0. The van der Waals surface area contributed by atoms with Gasteiger partial charge in [-0.1, -0.05) is 42.0 Å². The van der Waals surface area contributed by atoms with Gasteiger partial charge in [-0.05, 0) is 30.2 Å². The number of benzene rings is 2. The molecule has 1 amide bonds. The number of rotatable bonds is 6. The highest BCUT2D eigenvalue weighted by molar-refractivity contribution is 5.77. The molecule has 0 radical (unpaired) electrons. The number of hydrogen-bond acceptors (Lipinski definition) is 3. The fraction of sp³-hybridized carbons (Fsp3) is 0.235. The van der Waals surface area contributed by atoms with Gasteiger partial charge in [-0.15, -0.1) is 0 Å². The summed E-state index contributed by atoms with van der Waals surface area (Å²) in [6.45, 7) is 2.32. The molecular formula is C17H19NO3. The average Bonchev–Trinajstić information content (AvgIpc) is 2.52. The summed E-state index contributed by atoms with van der Waals surface area (Å²) >= 11 is 0. The molecule has 0 spiro atoms. The van der Waals surface area contributed by atoms with Crippen LogP contribution in [0.15, 0.2) is 48.5 Å². The first-order valence-electron chi connectivity index (χ1n) is 6.83. The third kappa shape index (κ3) is 4.61. The number of aliphatic hydroxyl groups excluding tert-OH is 1. The van der Waals surface area contributed by atoms with Gasteiger partial charge in [-0.25, -0.2) is 0 Å². The summed E-state index contributed by atoms with van der Waals surface area (Å²) < 4.78 is 5.41. The van der Waals surface area contributed by atoms with Gasteiger partial charge in [0.1, 0.15) is 5.75 Å².